The fourth-order valence-electron chi connectivity index (χ4n) is 3.22. The number of esters is 2. The molecule has 2 aromatic carbocycles. The number of para-hydroxylation sites is 1. The molecular formula is C26H35N2O9P. The maximum Gasteiger partial charge on any atom is 0.513 e. The second kappa shape index (κ2) is 16.4. The summed E-state index contributed by atoms with van der Waals surface area (Å²) in [5.74, 6) is -1.33. The van der Waals surface area contributed by atoms with Crippen LogP contribution in [0.3, 0.4) is 0 Å². The molecule has 0 aliphatic carbocycles. The maximum absolute atomic E-state index is 13.9. The quantitative estimate of drug-likeness (QED) is 0.0774. The van der Waals surface area contributed by atoms with E-state index in [0.717, 1.165) is 25.7 Å². The van der Waals surface area contributed by atoms with Crippen LogP contribution < -0.4 is 14.1 Å². The lowest BCUT2D eigenvalue weighted by Crippen LogP contribution is -2.40. The third-order valence-corrected chi connectivity index (χ3v) is 6.74. The van der Waals surface area contributed by atoms with Crippen molar-refractivity contribution >= 4 is 25.4 Å². The Kier molecular flexibility index (Phi) is 13.3. The lowest BCUT2D eigenvalue weighted by atomic mass is 10.2. The van der Waals surface area contributed by atoms with Gasteiger partial charge in [0.15, 0.2) is 0 Å². The molecule has 0 heterocycles. The molecule has 12 heteroatoms. The van der Waals surface area contributed by atoms with Crippen LogP contribution in [0.25, 0.3) is 0 Å². The SMILES string of the molecule is CCCCCOC(=O)CC(NP(=O)(Oc1ccccc1)Oc1ccc([N+](=O)[O-])cc1)C(=O)OCCCCC. The molecule has 2 rings (SSSR count). The summed E-state index contributed by atoms with van der Waals surface area (Å²) in [5, 5.41) is 13.5. The van der Waals surface area contributed by atoms with Crippen molar-refractivity contribution in [1.29, 1.82) is 0 Å². The highest BCUT2D eigenvalue weighted by molar-refractivity contribution is 7.52. The van der Waals surface area contributed by atoms with E-state index in [2.05, 4.69) is 5.09 Å². The molecule has 0 saturated heterocycles. The highest BCUT2D eigenvalue weighted by atomic mass is 31.2. The zero-order chi connectivity index (χ0) is 27.8. The third-order valence-electron chi connectivity index (χ3n) is 5.21. The van der Waals surface area contributed by atoms with Gasteiger partial charge in [0.05, 0.1) is 24.6 Å². The van der Waals surface area contributed by atoms with E-state index in [4.69, 9.17) is 18.5 Å². The predicted octanol–water partition coefficient (Wildman–Crippen LogP) is 5.98. The van der Waals surface area contributed by atoms with Gasteiger partial charge >= 0.3 is 19.7 Å². The summed E-state index contributed by atoms with van der Waals surface area (Å²) >= 11 is 0. The average Bonchev–Trinajstić information content (AvgIpc) is 2.89. The highest BCUT2D eigenvalue weighted by Crippen LogP contribution is 2.45. The second-order valence-corrected chi connectivity index (χ2v) is 10.1. The van der Waals surface area contributed by atoms with Crippen LogP contribution in [0.15, 0.2) is 54.6 Å². The van der Waals surface area contributed by atoms with E-state index < -0.39 is 37.1 Å². The van der Waals surface area contributed by atoms with Crippen LogP contribution in [-0.4, -0.2) is 36.1 Å². The fraction of sp³-hybridized carbons (Fsp3) is 0.462. The summed E-state index contributed by atoms with van der Waals surface area (Å²) in [6.07, 6.45) is 4.46. The van der Waals surface area contributed by atoms with Crippen molar-refractivity contribution in [2.45, 2.75) is 64.8 Å². The van der Waals surface area contributed by atoms with E-state index in [1.165, 1.54) is 36.4 Å². The summed E-state index contributed by atoms with van der Waals surface area (Å²) in [6.45, 7) is 4.35. The van der Waals surface area contributed by atoms with Crippen molar-refractivity contribution in [2.24, 2.45) is 0 Å². The number of ether oxygens (including phenoxy) is 2. The van der Waals surface area contributed by atoms with Crippen LogP contribution >= 0.6 is 7.75 Å². The summed E-state index contributed by atoms with van der Waals surface area (Å²) in [7, 11) is -4.38. The lowest BCUT2D eigenvalue weighted by Gasteiger charge is -2.24. The van der Waals surface area contributed by atoms with Crippen molar-refractivity contribution in [2.75, 3.05) is 13.2 Å². The number of unbranched alkanes of at least 4 members (excludes halogenated alkanes) is 4. The molecule has 2 atom stereocenters. The Morgan fingerprint density at radius 1 is 0.868 bits per heavy atom. The molecule has 0 aromatic heterocycles. The molecule has 1 N–H and O–H groups in total. The second-order valence-electron chi connectivity index (χ2n) is 8.43. The van der Waals surface area contributed by atoms with E-state index in [1.54, 1.807) is 18.2 Å². The summed E-state index contributed by atoms with van der Waals surface area (Å²) in [4.78, 5) is 35.8. The first kappa shape index (κ1) is 30.8. The van der Waals surface area contributed by atoms with Gasteiger partial charge in [-0.1, -0.05) is 57.7 Å². The lowest BCUT2D eigenvalue weighted by molar-refractivity contribution is -0.384. The summed E-state index contributed by atoms with van der Waals surface area (Å²) < 4.78 is 35.7. The van der Waals surface area contributed by atoms with E-state index >= 15 is 0 Å². The number of hydrogen-bond acceptors (Lipinski definition) is 9. The normalized spacial score (nSPS) is 13.1. The molecule has 0 amide bonds. The van der Waals surface area contributed by atoms with Gasteiger partial charge in [-0.25, -0.2) is 4.57 Å². The molecule has 2 aromatic rings. The molecule has 0 spiro atoms. The first-order valence-electron chi connectivity index (χ1n) is 12.6. The van der Waals surface area contributed by atoms with Gasteiger partial charge in [-0.2, -0.15) is 5.09 Å². The van der Waals surface area contributed by atoms with Crippen LogP contribution in [0.4, 0.5) is 5.69 Å². The van der Waals surface area contributed by atoms with Crippen molar-refractivity contribution in [3.63, 3.8) is 0 Å². The van der Waals surface area contributed by atoms with Gasteiger partial charge in [-0.3, -0.25) is 19.7 Å². The standard InChI is InChI=1S/C26H35N2O9P/c1-3-5-10-18-34-25(29)20-24(26(30)35-19-11-6-4-2)27-38(33,36-22-12-8-7-9-13-22)37-23-16-14-21(15-17-23)28(31)32/h7-9,12-17,24H,3-6,10-11,18-20H2,1-2H3,(H,27,33). The summed E-state index contributed by atoms with van der Waals surface area (Å²) in [5.41, 5.74) is -0.191. The number of nitrogens with one attached hydrogen (secondary N) is 1. The number of carbonyl (C=O) groups excluding carboxylic acids is 2. The maximum atomic E-state index is 13.9. The Labute approximate surface area is 222 Å². The predicted molar refractivity (Wildman–Crippen MR) is 141 cm³/mol. The van der Waals surface area contributed by atoms with Gasteiger partial charge in [0.25, 0.3) is 5.69 Å². The Hall–Kier alpha value is -3.43. The van der Waals surface area contributed by atoms with Crippen molar-refractivity contribution < 1.29 is 37.6 Å². The molecule has 2 unspecified atom stereocenters. The molecule has 11 nitrogen and oxygen atoms in total. The van der Waals surface area contributed by atoms with Crippen LogP contribution in [0.5, 0.6) is 11.5 Å². The molecule has 0 aliphatic heterocycles. The van der Waals surface area contributed by atoms with Gasteiger partial charge in [-0.05, 0) is 37.1 Å². The van der Waals surface area contributed by atoms with Crippen LogP contribution in [0, 0.1) is 10.1 Å². The average molecular weight is 551 g/mol. The molecule has 0 saturated carbocycles. The molecular weight excluding hydrogens is 515 g/mol. The monoisotopic (exact) mass is 550 g/mol. The fourth-order valence-corrected chi connectivity index (χ4v) is 4.74. The number of benzene rings is 2. The van der Waals surface area contributed by atoms with Crippen LogP contribution in [-0.2, 0) is 23.6 Å². The summed E-state index contributed by atoms with van der Waals surface area (Å²) in [6, 6.07) is 11.6. The minimum Gasteiger partial charge on any atom is -0.466 e. The van der Waals surface area contributed by atoms with Gasteiger partial charge in [0.1, 0.15) is 17.5 Å². The van der Waals surface area contributed by atoms with Gasteiger partial charge in [0.2, 0.25) is 0 Å². The Morgan fingerprint density at radius 3 is 1.97 bits per heavy atom. The van der Waals surface area contributed by atoms with Gasteiger partial charge < -0.3 is 18.5 Å². The minimum atomic E-state index is -4.38. The number of rotatable bonds is 18. The van der Waals surface area contributed by atoms with E-state index in [1.807, 2.05) is 13.8 Å². The van der Waals surface area contributed by atoms with Crippen LogP contribution in [0.2, 0.25) is 0 Å². The Morgan fingerprint density at radius 2 is 1.42 bits per heavy atom. The molecule has 0 aliphatic rings. The largest absolute Gasteiger partial charge is 0.513 e. The molecule has 0 fully saturated rings. The first-order chi connectivity index (χ1) is 18.3. The van der Waals surface area contributed by atoms with E-state index in [-0.39, 0.29) is 30.4 Å². The smallest absolute Gasteiger partial charge is 0.466 e. The zero-order valence-corrected chi connectivity index (χ0v) is 22.6. The minimum absolute atomic E-state index is 0.0143. The van der Waals surface area contributed by atoms with E-state index in [9.17, 15) is 24.3 Å². The van der Waals surface area contributed by atoms with Crippen molar-refractivity contribution in [1.82, 2.24) is 5.09 Å². The molecule has 208 valence electrons. The number of nitro benzene ring substituents is 1. The van der Waals surface area contributed by atoms with Gasteiger partial charge in [-0.15, -0.1) is 0 Å². The molecule has 0 radical (unpaired) electrons. The van der Waals surface area contributed by atoms with Crippen molar-refractivity contribution in [3.05, 3.63) is 64.7 Å². The topological polar surface area (TPSA) is 143 Å². The van der Waals surface area contributed by atoms with E-state index in [0.29, 0.717) is 12.8 Å². The highest BCUT2D eigenvalue weighted by Gasteiger charge is 2.37. The van der Waals surface area contributed by atoms with Crippen LogP contribution in [0.1, 0.15) is 58.8 Å². The number of carbonyl (C=O) groups is 2. The molecule has 38 heavy (non-hydrogen) atoms. The number of hydrogen-bond donors (Lipinski definition) is 1. The van der Waals surface area contributed by atoms with Gasteiger partial charge in [0, 0.05) is 12.1 Å². The zero-order valence-electron chi connectivity index (χ0n) is 21.7. The number of nitro groups is 1. The van der Waals surface area contributed by atoms with Crippen molar-refractivity contribution in [3.8, 4) is 11.5 Å². The number of nitrogens with zero attached hydrogens (tertiary/aromatic N) is 1. The Bertz CT molecular complexity index is 1060. The molecule has 0 bridgehead atoms. The first-order valence-corrected chi connectivity index (χ1v) is 14.2. The number of non-ortho nitro benzene ring substituents is 1. The Balaban J connectivity index is 2.26. The third kappa shape index (κ3) is 11.3.